The topological polar surface area (TPSA) is 134 Å². The number of pyridine rings is 1. The van der Waals surface area contributed by atoms with Gasteiger partial charge in [-0.2, -0.15) is 0 Å². The Bertz CT molecular complexity index is 545. The van der Waals surface area contributed by atoms with Gasteiger partial charge in [-0.05, 0) is 12.1 Å². The summed E-state index contributed by atoms with van der Waals surface area (Å²) in [4.78, 5) is 29.3. The van der Waals surface area contributed by atoms with Crippen LogP contribution in [0.5, 0.6) is 0 Å². The highest BCUT2D eigenvalue weighted by molar-refractivity contribution is 5.68. The molecule has 0 aliphatic heterocycles. The first-order chi connectivity index (χ1) is 10.0. The number of aldehydes is 1. The molecule has 0 aliphatic rings. The van der Waals surface area contributed by atoms with E-state index in [4.69, 9.17) is 14.7 Å². The highest BCUT2D eigenvalue weighted by atomic mass is 19.1. The largest absolute Gasteiger partial charge is 0.464 e. The standard InChI is InChI=1S/C8H7N3.C3H3FO.CH4N2O2/c1-2-4-9-7(3-1)8-10-5-6-11-8;1-3(4)2-5;2-3-1(4)5/h1-6H,(H,10,11);2H,1H2;3H,2H2,(H,4,5). The zero-order valence-electron chi connectivity index (χ0n) is 10.9. The van der Waals surface area contributed by atoms with Crippen molar-refractivity contribution < 1.29 is 19.1 Å². The summed E-state index contributed by atoms with van der Waals surface area (Å²) in [5.74, 6) is 4.21. The second-order valence-electron chi connectivity index (χ2n) is 3.17. The predicted molar refractivity (Wildman–Crippen MR) is 73.5 cm³/mol. The predicted octanol–water partition coefficient (Wildman–Crippen LogP) is 1.27. The van der Waals surface area contributed by atoms with Gasteiger partial charge in [0.15, 0.2) is 17.9 Å². The smallest absolute Gasteiger partial charge is 0.418 e. The minimum Gasteiger partial charge on any atom is -0.464 e. The van der Waals surface area contributed by atoms with Crippen LogP contribution in [0.15, 0.2) is 49.2 Å². The van der Waals surface area contributed by atoms with E-state index in [1.165, 1.54) is 5.43 Å². The Morgan fingerprint density at radius 3 is 2.38 bits per heavy atom. The maximum absolute atomic E-state index is 10.9. The van der Waals surface area contributed by atoms with Gasteiger partial charge in [0.05, 0.1) is 0 Å². The van der Waals surface area contributed by atoms with Crippen molar-refractivity contribution >= 4 is 12.4 Å². The van der Waals surface area contributed by atoms with Gasteiger partial charge < -0.3 is 10.1 Å². The van der Waals surface area contributed by atoms with E-state index in [1.54, 1.807) is 18.6 Å². The van der Waals surface area contributed by atoms with Crippen molar-refractivity contribution in [3.8, 4) is 11.5 Å². The summed E-state index contributed by atoms with van der Waals surface area (Å²) in [5.41, 5.74) is 2.32. The van der Waals surface area contributed by atoms with Crippen LogP contribution in [0.4, 0.5) is 9.18 Å². The Morgan fingerprint density at radius 2 is 2.05 bits per heavy atom. The summed E-state index contributed by atoms with van der Waals surface area (Å²) in [6, 6.07) is 5.73. The summed E-state index contributed by atoms with van der Waals surface area (Å²) >= 11 is 0. The third kappa shape index (κ3) is 9.50. The fourth-order valence-corrected chi connectivity index (χ4v) is 0.908. The van der Waals surface area contributed by atoms with Crippen molar-refractivity contribution in [1.82, 2.24) is 20.4 Å². The van der Waals surface area contributed by atoms with Gasteiger partial charge in [-0.3, -0.25) is 15.2 Å². The summed E-state index contributed by atoms with van der Waals surface area (Å²) in [6.07, 6.45) is 4.08. The number of rotatable bonds is 2. The molecule has 2 aromatic heterocycles. The SMILES string of the molecule is C=C(F)C=O.NNC(=O)O.c1ccc(-c2ncc[nH]2)nc1. The fraction of sp³-hybridized carbons (Fsp3) is 0. The molecule has 0 bridgehead atoms. The Labute approximate surface area is 119 Å². The first-order valence-corrected chi connectivity index (χ1v) is 5.41. The number of carbonyl (C=O) groups is 2. The van der Waals surface area contributed by atoms with Crippen LogP contribution in [-0.4, -0.2) is 32.4 Å². The molecule has 2 aromatic rings. The van der Waals surface area contributed by atoms with Gasteiger partial charge in [-0.1, -0.05) is 12.6 Å². The van der Waals surface area contributed by atoms with Crippen LogP contribution >= 0.6 is 0 Å². The van der Waals surface area contributed by atoms with Crippen molar-refractivity contribution in [3.63, 3.8) is 0 Å². The number of H-pyrrole nitrogens is 1. The van der Waals surface area contributed by atoms with Crippen LogP contribution in [0.3, 0.4) is 0 Å². The lowest BCUT2D eigenvalue weighted by atomic mass is 10.3. The van der Waals surface area contributed by atoms with Crippen LogP contribution in [0, 0.1) is 0 Å². The van der Waals surface area contributed by atoms with Gasteiger partial charge in [0.2, 0.25) is 0 Å². The molecule has 0 saturated heterocycles. The third-order valence-electron chi connectivity index (χ3n) is 1.66. The number of carbonyl (C=O) groups excluding carboxylic acids is 1. The first-order valence-electron chi connectivity index (χ1n) is 5.41. The number of carboxylic acid groups (broad SMARTS) is 1. The number of nitrogens with two attached hydrogens (primary N) is 1. The first kappa shape index (κ1) is 17.9. The van der Waals surface area contributed by atoms with Gasteiger partial charge in [-0.15, -0.1) is 0 Å². The Kier molecular flexibility index (Phi) is 9.23. The zero-order chi connectivity index (χ0) is 16.1. The average Bonchev–Trinajstić information content (AvgIpc) is 3.03. The molecular formula is C12H14FN5O3. The third-order valence-corrected chi connectivity index (χ3v) is 1.66. The molecular weight excluding hydrogens is 281 g/mol. The van der Waals surface area contributed by atoms with E-state index in [0.29, 0.717) is 0 Å². The van der Waals surface area contributed by atoms with Gasteiger partial charge in [0.25, 0.3) is 0 Å². The van der Waals surface area contributed by atoms with E-state index < -0.39 is 11.9 Å². The summed E-state index contributed by atoms with van der Waals surface area (Å²) in [7, 11) is 0. The van der Waals surface area contributed by atoms with Gasteiger partial charge >= 0.3 is 6.09 Å². The van der Waals surface area contributed by atoms with Crippen LogP contribution in [0.1, 0.15) is 0 Å². The quantitative estimate of drug-likeness (QED) is 0.217. The molecule has 0 unspecified atom stereocenters. The Morgan fingerprint density at radius 1 is 1.43 bits per heavy atom. The number of allylic oxidation sites excluding steroid dienone is 1. The maximum atomic E-state index is 10.9. The monoisotopic (exact) mass is 295 g/mol. The zero-order valence-corrected chi connectivity index (χ0v) is 10.9. The van der Waals surface area contributed by atoms with E-state index >= 15 is 0 Å². The lowest BCUT2D eigenvalue weighted by Gasteiger charge is -1.91. The Balaban J connectivity index is 0.000000340. The lowest BCUT2D eigenvalue weighted by molar-refractivity contribution is -0.106. The van der Waals surface area contributed by atoms with E-state index in [2.05, 4.69) is 27.4 Å². The van der Waals surface area contributed by atoms with Crippen molar-refractivity contribution in [2.24, 2.45) is 5.84 Å². The molecule has 0 aromatic carbocycles. The molecule has 112 valence electrons. The number of halogens is 1. The molecule has 8 nitrogen and oxygen atoms in total. The highest BCUT2D eigenvalue weighted by Crippen LogP contribution is 2.08. The molecule has 5 N–H and O–H groups in total. The molecule has 0 spiro atoms. The normalized spacial score (nSPS) is 8.29. The number of nitrogens with zero attached hydrogens (tertiary/aromatic N) is 2. The minimum atomic E-state index is -1.22. The molecule has 0 saturated carbocycles. The fourth-order valence-electron chi connectivity index (χ4n) is 0.908. The molecule has 0 fully saturated rings. The summed E-state index contributed by atoms with van der Waals surface area (Å²) < 4.78 is 10.9. The number of aromatic amines is 1. The van der Waals surface area contributed by atoms with Crippen molar-refractivity contribution in [2.45, 2.75) is 0 Å². The number of hydrogen-bond donors (Lipinski definition) is 4. The van der Waals surface area contributed by atoms with Crippen molar-refractivity contribution in [2.75, 3.05) is 0 Å². The number of hydrogen-bond acceptors (Lipinski definition) is 5. The molecule has 9 heteroatoms. The molecule has 21 heavy (non-hydrogen) atoms. The number of imidazole rings is 1. The van der Waals surface area contributed by atoms with Crippen molar-refractivity contribution in [3.05, 3.63) is 49.2 Å². The number of amides is 1. The van der Waals surface area contributed by atoms with Crippen LogP contribution < -0.4 is 11.3 Å². The molecule has 0 atom stereocenters. The molecule has 1 amide bonds. The van der Waals surface area contributed by atoms with Gasteiger partial charge in [0, 0.05) is 18.6 Å². The van der Waals surface area contributed by atoms with Crippen molar-refractivity contribution in [1.29, 1.82) is 0 Å². The number of nitrogens with one attached hydrogen (secondary N) is 2. The lowest BCUT2D eigenvalue weighted by Crippen LogP contribution is -2.27. The molecule has 2 heterocycles. The molecule has 0 radical (unpaired) electrons. The van der Waals surface area contributed by atoms with E-state index in [-0.39, 0.29) is 6.29 Å². The van der Waals surface area contributed by atoms with E-state index in [0.717, 1.165) is 11.5 Å². The molecule has 0 aliphatic carbocycles. The van der Waals surface area contributed by atoms with Crippen LogP contribution in [0.25, 0.3) is 11.5 Å². The minimum absolute atomic E-state index is 0.0556. The number of aromatic nitrogens is 3. The van der Waals surface area contributed by atoms with Crippen LogP contribution in [-0.2, 0) is 4.79 Å². The molecule has 2 rings (SSSR count). The highest BCUT2D eigenvalue weighted by Gasteiger charge is 1.96. The number of hydrazine groups is 1. The summed E-state index contributed by atoms with van der Waals surface area (Å²) in [5, 5.41) is 7.49. The second kappa shape index (κ2) is 10.8. The van der Waals surface area contributed by atoms with E-state index in [1.807, 2.05) is 18.2 Å². The van der Waals surface area contributed by atoms with Gasteiger partial charge in [0.1, 0.15) is 5.69 Å². The summed E-state index contributed by atoms with van der Waals surface area (Å²) in [6.45, 7) is 2.64. The average molecular weight is 295 g/mol. The second-order valence-corrected chi connectivity index (χ2v) is 3.17. The van der Waals surface area contributed by atoms with Crippen LogP contribution in [0.2, 0.25) is 0 Å². The maximum Gasteiger partial charge on any atom is 0.418 e. The van der Waals surface area contributed by atoms with E-state index in [9.17, 15) is 4.39 Å². The Hall–Kier alpha value is -3.07. The van der Waals surface area contributed by atoms with Gasteiger partial charge in [-0.25, -0.2) is 20.0 Å².